The smallest absolute Gasteiger partial charge is 0.242 e. The van der Waals surface area contributed by atoms with Crippen LogP contribution in [0.3, 0.4) is 0 Å². The molecular weight excluding hydrogens is 236 g/mol. The van der Waals surface area contributed by atoms with Crippen molar-refractivity contribution in [1.29, 1.82) is 0 Å². The Morgan fingerprint density at radius 1 is 1.21 bits per heavy atom. The fourth-order valence-electron chi connectivity index (χ4n) is 2.97. The Hall–Kier alpha value is -1.77. The van der Waals surface area contributed by atoms with Crippen molar-refractivity contribution in [2.75, 3.05) is 13.1 Å². The average Bonchev–Trinajstić information content (AvgIpc) is 3.08. The van der Waals surface area contributed by atoms with Crippen LogP contribution < -0.4 is 0 Å². The third kappa shape index (κ3) is 2.25. The Kier molecular flexibility index (Phi) is 3.28. The molecule has 1 saturated heterocycles. The number of rotatable bonds is 3. The maximum absolute atomic E-state index is 12.3. The van der Waals surface area contributed by atoms with Crippen LogP contribution in [-0.4, -0.2) is 28.5 Å². The fourth-order valence-corrected chi connectivity index (χ4v) is 2.97. The van der Waals surface area contributed by atoms with Crippen molar-refractivity contribution in [3.63, 3.8) is 0 Å². The summed E-state index contributed by atoms with van der Waals surface area (Å²) < 4.78 is 2.11. The van der Waals surface area contributed by atoms with Crippen LogP contribution in [0.4, 0.5) is 0 Å². The summed E-state index contributed by atoms with van der Waals surface area (Å²) in [5, 5.41) is 1.23. The molecule has 3 heteroatoms. The molecular formula is C16H20N2O. The van der Waals surface area contributed by atoms with Gasteiger partial charge >= 0.3 is 0 Å². The van der Waals surface area contributed by atoms with Gasteiger partial charge in [-0.1, -0.05) is 25.1 Å². The Morgan fingerprint density at radius 3 is 2.74 bits per heavy atom. The summed E-state index contributed by atoms with van der Waals surface area (Å²) in [6.45, 7) is 4.49. The number of carbonyl (C=O) groups excluding carboxylic acids is 1. The molecule has 0 radical (unpaired) electrons. The first-order valence-corrected chi connectivity index (χ1v) is 7.14. The first-order valence-electron chi connectivity index (χ1n) is 7.14. The van der Waals surface area contributed by atoms with E-state index in [4.69, 9.17) is 0 Å². The average molecular weight is 256 g/mol. The van der Waals surface area contributed by atoms with Gasteiger partial charge in [0.25, 0.3) is 0 Å². The topological polar surface area (TPSA) is 25.2 Å². The summed E-state index contributed by atoms with van der Waals surface area (Å²) >= 11 is 0. The van der Waals surface area contributed by atoms with Crippen molar-refractivity contribution in [3.05, 3.63) is 36.0 Å². The Morgan fingerprint density at radius 2 is 2.00 bits per heavy atom. The van der Waals surface area contributed by atoms with Gasteiger partial charge in [-0.15, -0.1) is 0 Å². The molecule has 19 heavy (non-hydrogen) atoms. The molecule has 2 aromatic rings. The number of para-hydroxylation sites is 1. The molecule has 3 nitrogen and oxygen atoms in total. The number of hydrogen-bond acceptors (Lipinski definition) is 1. The van der Waals surface area contributed by atoms with Crippen LogP contribution in [0.25, 0.3) is 10.9 Å². The number of hydrogen-bond donors (Lipinski definition) is 0. The Labute approximate surface area is 113 Å². The lowest BCUT2D eigenvalue weighted by Gasteiger charge is -2.16. The number of likely N-dealkylation sites (tertiary alicyclic amines) is 1. The highest BCUT2D eigenvalue weighted by Crippen LogP contribution is 2.21. The number of amides is 1. The molecule has 1 fully saturated rings. The van der Waals surface area contributed by atoms with Crippen molar-refractivity contribution in [2.24, 2.45) is 0 Å². The molecule has 0 atom stereocenters. The predicted molar refractivity (Wildman–Crippen MR) is 77.1 cm³/mol. The summed E-state index contributed by atoms with van der Waals surface area (Å²) in [6.07, 6.45) is 5.34. The third-order valence-corrected chi connectivity index (χ3v) is 4.02. The predicted octanol–water partition coefficient (Wildman–Crippen LogP) is 2.83. The van der Waals surface area contributed by atoms with Gasteiger partial charge in [-0.25, -0.2) is 0 Å². The normalized spacial score (nSPS) is 15.3. The largest absolute Gasteiger partial charge is 0.341 e. The van der Waals surface area contributed by atoms with Crippen LogP contribution in [0, 0.1) is 0 Å². The van der Waals surface area contributed by atoms with Gasteiger partial charge in [-0.3, -0.25) is 4.79 Å². The molecule has 2 heterocycles. The van der Waals surface area contributed by atoms with Gasteiger partial charge < -0.3 is 9.47 Å². The Balaban J connectivity index is 1.90. The van der Waals surface area contributed by atoms with Crippen molar-refractivity contribution in [2.45, 2.75) is 32.7 Å². The lowest BCUT2D eigenvalue weighted by atomic mass is 10.1. The maximum Gasteiger partial charge on any atom is 0.242 e. The molecule has 1 amide bonds. The van der Waals surface area contributed by atoms with Crippen LogP contribution in [0.1, 0.15) is 25.3 Å². The molecule has 100 valence electrons. The lowest BCUT2D eigenvalue weighted by molar-refractivity contribution is -0.130. The van der Waals surface area contributed by atoms with E-state index in [0.29, 0.717) is 6.54 Å². The van der Waals surface area contributed by atoms with E-state index in [1.807, 2.05) is 11.1 Å². The number of carbonyl (C=O) groups is 1. The van der Waals surface area contributed by atoms with Crippen LogP contribution in [-0.2, 0) is 17.8 Å². The third-order valence-electron chi connectivity index (χ3n) is 4.02. The minimum atomic E-state index is 0.251. The molecule has 1 aromatic carbocycles. The number of fused-ring (bicyclic) bond motifs is 1. The van der Waals surface area contributed by atoms with E-state index in [1.165, 1.54) is 16.5 Å². The van der Waals surface area contributed by atoms with Gasteiger partial charge in [0.05, 0.1) is 5.52 Å². The monoisotopic (exact) mass is 256 g/mol. The first-order chi connectivity index (χ1) is 9.29. The SMILES string of the molecule is CCc1cccc2ccn(CC(=O)N3CCCC3)c12. The van der Waals surface area contributed by atoms with E-state index in [0.717, 1.165) is 32.4 Å². The number of aryl methyl sites for hydroxylation is 1. The van der Waals surface area contributed by atoms with E-state index in [1.54, 1.807) is 0 Å². The number of benzene rings is 1. The molecule has 0 bridgehead atoms. The number of nitrogens with zero attached hydrogens (tertiary/aromatic N) is 2. The van der Waals surface area contributed by atoms with Gasteiger partial charge in [-0.2, -0.15) is 0 Å². The second kappa shape index (κ2) is 5.08. The second-order valence-electron chi connectivity index (χ2n) is 5.24. The molecule has 0 saturated carbocycles. The van der Waals surface area contributed by atoms with E-state index in [9.17, 15) is 4.79 Å². The highest BCUT2D eigenvalue weighted by Gasteiger charge is 2.18. The number of aromatic nitrogens is 1. The Bertz CT molecular complexity index is 594. The van der Waals surface area contributed by atoms with E-state index < -0.39 is 0 Å². The molecule has 0 spiro atoms. The zero-order valence-corrected chi connectivity index (χ0v) is 11.4. The summed E-state index contributed by atoms with van der Waals surface area (Å²) in [5.74, 6) is 0.251. The van der Waals surface area contributed by atoms with E-state index in [2.05, 4.69) is 35.8 Å². The summed E-state index contributed by atoms with van der Waals surface area (Å²) in [7, 11) is 0. The zero-order valence-electron chi connectivity index (χ0n) is 11.4. The summed E-state index contributed by atoms with van der Waals surface area (Å²) in [6, 6.07) is 8.46. The van der Waals surface area contributed by atoms with Crippen molar-refractivity contribution in [1.82, 2.24) is 9.47 Å². The van der Waals surface area contributed by atoms with Crippen LogP contribution in [0.2, 0.25) is 0 Å². The van der Waals surface area contributed by atoms with Gasteiger partial charge in [0, 0.05) is 19.3 Å². The maximum atomic E-state index is 12.3. The quantitative estimate of drug-likeness (QED) is 0.829. The van der Waals surface area contributed by atoms with Gasteiger partial charge in [0.1, 0.15) is 6.54 Å². The first kappa shape index (κ1) is 12.3. The fraction of sp³-hybridized carbons (Fsp3) is 0.438. The van der Waals surface area contributed by atoms with Gasteiger partial charge in [-0.05, 0) is 36.3 Å². The van der Waals surface area contributed by atoms with Crippen molar-refractivity contribution >= 4 is 16.8 Å². The van der Waals surface area contributed by atoms with Crippen LogP contribution in [0.15, 0.2) is 30.5 Å². The molecule has 1 aliphatic heterocycles. The minimum Gasteiger partial charge on any atom is -0.341 e. The second-order valence-corrected chi connectivity index (χ2v) is 5.24. The minimum absolute atomic E-state index is 0.251. The van der Waals surface area contributed by atoms with Crippen molar-refractivity contribution in [3.8, 4) is 0 Å². The molecule has 0 aliphatic carbocycles. The van der Waals surface area contributed by atoms with Crippen molar-refractivity contribution < 1.29 is 4.79 Å². The van der Waals surface area contributed by atoms with Crippen LogP contribution >= 0.6 is 0 Å². The molecule has 1 aliphatic rings. The lowest BCUT2D eigenvalue weighted by Crippen LogP contribution is -2.30. The highest BCUT2D eigenvalue weighted by atomic mass is 16.2. The molecule has 1 aromatic heterocycles. The highest BCUT2D eigenvalue weighted by molar-refractivity contribution is 5.85. The van der Waals surface area contributed by atoms with E-state index >= 15 is 0 Å². The van der Waals surface area contributed by atoms with Gasteiger partial charge in [0.15, 0.2) is 0 Å². The molecule has 3 rings (SSSR count). The molecule has 0 N–H and O–H groups in total. The summed E-state index contributed by atoms with van der Waals surface area (Å²) in [5.41, 5.74) is 2.54. The standard InChI is InChI=1S/C16H20N2O/c1-2-13-6-5-7-14-8-11-18(16(13)14)12-15(19)17-9-3-4-10-17/h5-8,11H,2-4,9-10,12H2,1H3. The summed E-state index contributed by atoms with van der Waals surface area (Å²) in [4.78, 5) is 14.2. The molecule has 0 unspecified atom stereocenters. The zero-order chi connectivity index (χ0) is 13.2. The van der Waals surface area contributed by atoms with Crippen LogP contribution in [0.5, 0.6) is 0 Å². The van der Waals surface area contributed by atoms with Gasteiger partial charge in [0.2, 0.25) is 5.91 Å². The van der Waals surface area contributed by atoms with E-state index in [-0.39, 0.29) is 5.91 Å².